The van der Waals surface area contributed by atoms with E-state index in [0.29, 0.717) is 6.54 Å². The predicted octanol–water partition coefficient (Wildman–Crippen LogP) is 1.58. The first-order valence-electron chi connectivity index (χ1n) is 4.70. The number of rotatable bonds is 3. The van der Waals surface area contributed by atoms with Crippen molar-refractivity contribution in [1.29, 1.82) is 0 Å². The zero-order chi connectivity index (χ0) is 9.80. The fourth-order valence-electron chi connectivity index (χ4n) is 1.40. The molecule has 0 atom stereocenters. The minimum absolute atomic E-state index is 0.649. The summed E-state index contributed by atoms with van der Waals surface area (Å²) in [6.07, 6.45) is 0.847. The van der Waals surface area contributed by atoms with Crippen LogP contribution in [0.2, 0.25) is 0 Å². The summed E-state index contributed by atoms with van der Waals surface area (Å²) in [7, 11) is 0. The number of nitrogens with one attached hydrogen (secondary N) is 1. The lowest BCUT2D eigenvalue weighted by Gasteiger charge is -1.92. The van der Waals surface area contributed by atoms with E-state index >= 15 is 0 Å². The van der Waals surface area contributed by atoms with E-state index in [4.69, 9.17) is 5.73 Å². The van der Waals surface area contributed by atoms with Gasteiger partial charge in [-0.3, -0.25) is 5.10 Å². The van der Waals surface area contributed by atoms with Gasteiger partial charge in [0.05, 0.1) is 5.69 Å². The molecule has 0 saturated heterocycles. The summed E-state index contributed by atoms with van der Waals surface area (Å²) in [4.78, 5) is 0. The third-order valence-electron chi connectivity index (χ3n) is 2.11. The maximum absolute atomic E-state index is 5.46. The van der Waals surface area contributed by atoms with Gasteiger partial charge >= 0.3 is 0 Å². The Balaban J connectivity index is 2.25. The lowest BCUT2D eigenvalue weighted by Crippen LogP contribution is -2.02. The molecule has 3 nitrogen and oxygen atoms in total. The first-order valence-corrected chi connectivity index (χ1v) is 4.70. The van der Waals surface area contributed by atoms with Crippen molar-refractivity contribution < 1.29 is 0 Å². The molecule has 2 rings (SSSR count). The van der Waals surface area contributed by atoms with Gasteiger partial charge < -0.3 is 5.73 Å². The maximum atomic E-state index is 5.46. The van der Waals surface area contributed by atoms with E-state index in [1.54, 1.807) is 0 Å². The highest BCUT2D eigenvalue weighted by molar-refractivity contribution is 5.58. The molecule has 3 heteroatoms. The Bertz CT molecular complexity index is 392. The second kappa shape index (κ2) is 4.07. The molecule has 2 aromatic rings. The van der Waals surface area contributed by atoms with Crippen LogP contribution in [0.1, 0.15) is 5.69 Å². The molecule has 1 heterocycles. The lowest BCUT2D eigenvalue weighted by molar-refractivity contribution is 0.902. The Morgan fingerprint density at radius 3 is 2.71 bits per heavy atom. The van der Waals surface area contributed by atoms with Crippen molar-refractivity contribution in [3.05, 3.63) is 42.1 Å². The molecule has 0 amide bonds. The number of nitrogens with zero attached hydrogens (tertiary/aromatic N) is 1. The van der Waals surface area contributed by atoms with E-state index < -0.39 is 0 Å². The van der Waals surface area contributed by atoms with Crippen LogP contribution >= 0.6 is 0 Å². The number of H-pyrrole nitrogens is 1. The normalized spacial score (nSPS) is 10.4. The van der Waals surface area contributed by atoms with Crippen LogP contribution in [0.5, 0.6) is 0 Å². The molecule has 0 unspecified atom stereocenters. The number of aromatic nitrogens is 2. The minimum atomic E-state index is 0.649. The van der Waals surface area contributed by atoms with Gasteiger partial charge in [-0.1, -0.05) is 30.3 Å². The minimum Gasteiger partial charge on any atom is -0.330 e. The summed E-state index contributed by atoms with van der Waals surface area (Å²) >= 11 is 0. The molecular formula is C11H13N3. The van der Waals surface area contributed by atoms with Crippen molar-refractivity contribution >= 4 is 0 Å². The zero-order valence-electron chi connectivity index (χ0n) is 7.90. The predicted molar refractivity (Wildman–Crippen MR) is 56.8 cm³/mol. The number of aromatic amines is 1. The van der Waals surface area contributed by atoms with E-state index in [1.165, 1.54) is 0 Å². The van der Waals surface area contributed by atoms with Gasteiger partial charge in [0, 0.05) is 17.7 Å². The van der Waals surface area contributed by atoms with Crippen molar-refractivity contribution in [3.63, 3.8) is 0 Å². The van der Waals surface area contributed by atoms with Crippen molar-refractivity contribution in [2.75, 3.05) is 6.54 Å². The summed E-state index contributed by atoms with van der Waals surface area (Å²) < 4.78 is 0. The van der Waals surface area contributed by atoms with Crippen LogP contribution in [0.25, 0.3) is 11.3 Å². The third-order valence-corrected chi connectivity index (χ3v) is 2.11. The summed E-state index contributed by atoms with van der Waals surface area (Å²) in [5, 5.41) is 7.20. The second-order valence-electron chi connectivity index (χ2n) is 3.18. The van der Waals surface area contributed by atoms with Gasteiger partial charge in [0.25, 0.3) is 0 Å². The maximum Gasteiger partial charge on any atom is 0.0923 e. The first kappa shape index (κ1) is 8.97. The molecular weight excluding hydrogens is 174 g/mol. The Kier molecular flexibility index (Phi) is 2.60. The van der Waals surface area contributed by atoms with Gasteiger partial charge in [-0.05, 0) is 12.6 Å². The molecule has 1 aromatic heterocycles. The van der Waals surface area contributed by atoms with Crippen LogP contribution in [0.3, 0.4) is 0 Å². The van der Waals surface area contributed by atoms with Crippen LogP contribution < -0.4 is 5.73 Å². The SMILES string of the molecule is NCCc1cc(-c2ccccc2)n[nH]1. The van der Waals surface area contributed by atoms with Crippen LogP contribution in [0.4, 0.5) is 0 Å². The van der Waals surface area contributed by atoms with Gasteiger partial charge in [-0.2, -0.15) is 5.10 Å². The van der Waals surface area contributed by atoms with Gasteiger partial charge in [-0.25, -0.2) is 0 Å². The van der Waals surface area contributed by atoms with E-state index in [-0.39, 0.29) is 0 Å². The van der Waals surface area contributed by atoms with Gasteiger partial charge in [0.1, 0.15) is 0 Å². The van der Waals surface area contributed by atoms with Crippen LogP contribution in [-0.2, 0) is 6.42 Å². The number of nitrogens with two attached hydrogens (primary N) is 1. The lowest BCUT2D eigenvalue weighted by atomic mass is 10.1. The van der Waals surface area contributed by atoms with E-state index in [2.05, 4.69) is 10.2 Å². The Hall–Kier alpha value is -1.61. The Morgan fingerprint density at radius 1 is 1.21 bits per heavy atom. The fraction of sp³-hybridized carbons (Fsp3) is 0.182. The quantitative estimate of drug-likeness (QED) is 0.766. The van der Waals surface area contributed by atoms with E-state index in [9.17, 15) is 0 Å². The summed E-state index contributed by atoms with van der Waals surface area (Å²) in [6, 6.07) is 12.1. The van der Waals surface area contributed by atoms with Crippen molar-refractivity contribution in [1.82, 2.24) is 10.2 Å². The number of hydrogen-bond donors (Lipinski definition) is 2. The van der Waals surface area contributed by atoms with Gasteiger partial charge in [0.2, 0.25) is 0 Å². The van der Waals surface area contributed by atoms with Crippen molar-refractivity contribution in [2.24, 2.45) is 5.73 Å². The monoisotopic (exact) mass is 187 g/mol. The summed E-state index contributed by atoms with van der Waals surface area (Å²) in [5.74, 6) is 0. The largest absolute Gasteiger partial charge is 0.330 e. The smallest absolute Gasteiger partial charge is 0.0923 e. The molecule has 0 radical (unpaired) electrons. The zero-order valence-corrected chi connectivity index (χ0v) is 7.90. The highest BCUT2D eigenvalue weighted by Crippen LogP contribution is 2.16. The topological polar surface area (TPSA) is 54.7 Å². The molecule has 72 valence electrons. The molecule has 3 N–H and O–H groups in total. The van der Waals surface area contributed by atoms with Crippen LogP contribution in [0.15, 0.2) is 36.4 Å². The second-order valence-corrected chi connectivity index (χ2v) is 3.18. The molecule has 0 saturated carbocycles. The third kappa shape index (κ3) is 1.83. The molecule has 0 aliphatic carbocycles. The highest BCUT2D eigenvalue weighted by atomic mass is 15.1. The molecule has 0 bridgehead atoms. The van der Waals surface area contributed by atoms with Gasteiger partial charge in [-0.15, -0.1) is 0 Å². The average molecular weight is 187 g/mol. The molecule has 1 aromatic carbocycles. The molecule has 0 aliphatic rings. The van der Waals surface area contributed by atoms with Crippen LogP contribution in [-0.4, -0.2) is 16.7 Å². The average Bonchev–Trinajstić information content (AvgIpc) is 2.68. The molecule has 0 spiro atoms. The Labute approximate surface area is 83.0 Å². The Morgan fingerprint density at radius 2 is 2.00 bits per heavy atom. The van der Waals surface area contributed by atoms with Crippen molar-refractivity contribution in [2.45, 2.75) is 6.42 Å². The van der Waals surface area contributed by atoms with Crippen LogP contribution in [0, 0.1) is 0 Å². The summed E-state index contributed by atoms with van der Waals surface area (Å²) in [5.41, 5.74) is 8.66. The van der Waals surface area contributed by atoms with E-state index in [0.717, 1.165) is 23.4 Å². The molecule has 0 fully saturated rings. The molecule has 14 heavy (non-hydrogen) atoms. The van der Waals surface area contributed by atoms with E-state index in [1.807, 2.05) is 36.4 Å². The highest BCUT2D eigenvalue weighted by Gasteiger charge is 2.01. The summed E-state index contributed by atoms with van der Waals surface area (Å²) in [6.45, 7) is 0.649. The molecule has 0 aliphatic heterocycles. The van der Waals surface area contributed by atoms with Crippen molar-refractivity contribution in [3.8, 4) is 11.3 Å². The standard InChI is InChI=1S/C11H13N3/c12-7-6-10-8-11(14-13-10)9-4-2-1-3-5-9/h1-5,8H,6-7,12H2,(H,13,14). The number of benzene rings is 1. The van der Waals surface area contributed by atoms with Gasteiger partial charge in [0.15, 0.2) is 0 Å². The number of hydrogen-bond acceptors (Lipinski definition) is 2. The fourth-order valence-corrected chi connectivity index (χ4v) is 1.40. The first-order chi connectivity index (χ1) is 6.90.